The zero-order chi connectivity index (χ0) is 32.0. The summed E-state index contributed by atoms with van der Waals surface area (Å²) in [6.45, 7) is 3.75. The second-order valence-electron chi connectivity index (χ2n) is 10.5. The van der Waals surface area contributed by atoms with Crippen molar-refractivity contribution in [3.63, 3.8) is 0 Å². The number of benzene rings is 3. The highest BCUT2D eigenvalue weighted by atomic mass is 35.5. The molecule has 3 N–H and O–H groups in total. The maximum Gasteiger partial charge on any atom is 0.347 e. The molecular weight excluding hydrogens is 650 g/mol. The van der Waals surface area contributed by atoms with E-state index in [0.29, 0.717) is 54.9 Å². The van der Waals surface area contributed by atoms with E-state index in [1.807, 2.05) is 0 Å². The van der Waals surface area contributed by atoms with Crippen LogP contribution in [0.3, 0.4) is 0 Å². The highest BCUT2D eigenvalue weighted by molar-refractivity contribution is 6.36. The molecule has 1 heterocycles. The van der Waals surface area contributed by atoms with Gasteiger partial charge in [-0.3, -0.25) is 14.9 Å². The predicted molar refractivity (Wildman–Crippen MR) is 174 cm³/mol. The maximum absolute atomic E-state index is 13.8. The number of hydroxylamine groups is 2. The van der Waals surface area contributed by atoms with Crippen LogP contribution >= 0.6 is 46.4 Å². The zero-order valence-electron chi connectivity index (χ0n) is 23.8. The number of anilines is 2. The van der Waals surface area contributed by atoms with E-state index in [9.17, 15) is 19.6 Å². The molecule has 232 valence electrons. The molecule has 0 saturated carbocycles. The van der Waals surface area contributed by atoms with Crippen molar-refractivity contribution in [2.75, 3.05) is 16.8 Å². The van der Waals surface area contributed by atoms with Gasteiger partial charge in [0.05, 0.1) is 16.8 Å². The molecule has 1 aliphatic heterocycles. The van der Waals surface area contributed by atoms with Crippen LogP contribution in [0, 0.1) is 0 Å². The first-order valence-corrected chi connectivity index (χ1v) is 15.1. The highest BCUT2D eigenvalue weighted by Crippen LogP contribution is 2.39. The number of amides is 5. The van der Waals surface area contributed by atoms with E-state index in [4.69, 9.17) is 46.4 Å². The van der Waals surface area contributed by atoms with Crippen LogP contribution in [-0.4, -0.2) is 57.6 Å². The molecule has 3 aromatic rings. The Balaban J connectivity index is 1.43. The summed E-state index contributed by atoms with van der Waals surface area (Å²) in [5, 5.41) is 19.9. The number of halogens is 4. The van der Waals surface area contributed by atoms with Crippen molar-refractivity contribution in [1.82, 2.24) is 15.4 Å². The Bertz CT molecular complexity index is 1570. The molecule has 44 heavy (non-hydrogen) atoms. The van der Waals surface area contributed by atoms with Gasteiger partial charge in [0.15, 0.2) is 6.17 Å². The van der Waals surface area contributed by atoms with Crippen LogP contribution in [0.15, 0.2) is 71.8 Å². The zero-order valence-corrected chi connectivity index (χ0v) is 26.8. The summed E-state index contributed by atoms with van der Waals surface area (Å²) in [6, 6.07) is 16.7. The van der Waals surface area contributed by atoms with E-state index in [1.165, 1.54) is 17.2 Å². The minimum atomic E-state index is -1.13. The second kappa shape index (κ2) is 14.5. The van der Waals surface area contributed by atoms with Gasteiger partial charge >= 0.3 is 12.1 Å². The van der Waals surface area contributed by atoms with Crippen molar-refractivity contribution in [3.8, 4) is 0 Å². The van der Waals surface area contributed by atoms with Gasteiger partial charge in [-0.1, -0.05) is 64.6 Å². The monoisotopic (exact) mass is 678 g/mol. The van der Waals surface area contributed by atoms with E-state index < -0.39 is 23.8 Å². The molecule has 1 saturated heterocycles. The first kappa shape index (κ1) is 33.4. The van der Waals surface area contributed by atoms with Crippen molar-refractivity contribution in [2.24, 2.45) is 5.10 Å². The molecule has 4 rings (SSSR count). The number of hydrogen-bond donors (Lipinski definition) is 3. The number of rotatable bonds is 10. The molecule has 1 atom stereocenters. The van der Waals surface area contributed by atoms with Crippen molar-refractivity contribution < 1.29 is 19.6 Å². The number of hydrogen-bond acceptors (Lipinski definition) is 5. The number of nitrogens with one attached hydrogen (secondary N) is 2. The molecule has 0 unspecified atom stereocenters. The van der Waals surface area contributed by atoms with Crippen LogP contribution < -0.4 is 15.6 Å². The van der Waals surface area contributed by atoms with Gasteiger partial charge in [0.1, 0.15) is 0 Å². The Labute approximate surface area is 275 Å². The molecule has 14 heteroatoms. The van der Waals surface area contributed by atoms with Gasteiger partial charge < -0.3 is 10.2 Å². The van der Waals surface area contributed by atoms with E-state index in [1.54, 1.807) is 79.4 Å². The van der Waals surface area contributed by atoms with Gasteiger partial charge in [-0.25, -0.2) is 15.0 Å². The second-order valence-corrected chi connectivity index (χ2v) is 12.2. The Kier molecular flexibility index (Phi) is 11.0. The average Bonchev–Trinajstić information content (AvgIpc) is 3.16. The fourth-order valence-corrected chi connectivity index (χ4v) is 5.69. The molecule has 1 aliphatic rings. The lowest BCUT2D eigenvalue weighted by Gasteiger charge is -2.38. The topological polar surface area (TPSA) is 118 Å². The van der Waals surface area contributed by atoms with E-state index >= 15 is 0 Å². The summed E-state index contributed by atoms with van der Waals surface area (Å²) in [7, 11) is 0. The molecule has 5 amide bonds. The lowest BCUT2D eigenvalue weighted by Crippen LogP contribution is -2.58. The molecule has 0 bridgehead atoms. The number of carbonyl (C=O) groups is 3. The first-order chi connectivity index (χ1) is 20.9. The number of nitrogens with zero attached hydrogens (tertiary/aromatic N) is 4. The van der Waals surface area contributed by atoms with Crippen LogP contribution in [0.25, 0.3) is 0 Å². The molecule has 0 spiro atoms. The third-order valence-electron chi connectivity index (χ3n) is 7.00. The van der Waals surface area contributed by atoms with Crippen molar-refractivity contribution >= 4 is 82.0 Å². The van der Waals surface area contributed by atoms with Crippen molar-refractivity contribution in [2.45, 2.75) is 44.8 Å². The molecular formula is C30H30Cl4N6O4. The van der Waals surface area contributed by atoms with Gasteiger partial charge in [0, 0.05) is 45.0 Å². The largest absolute Gasteiger partial charge is 0.347 e. The average molecular weight is 680 g/mol. The SMILES string of the molecule is CC1(C)[C@@H](N(O)C(=O)Nc2cccc(Cl)c2)N(c2cccc(Cl)c2)C(=O)N1CCCCC(=O)N/N=C\c1ccc(Cl)cc1Cl. The maximum atomic E-state index is 13.8. The Hall–Kier alpha value is -3.54. The summed E-state index contributed by atoms with van der Waals surface area (Å²) in [5.74, 6) is -0.309. The molecule has 10 nitrogen and oxygen atoms in total. The minimum Gasteiger partial charge on any atom is -0.315 e. The predicted octanol–water partition coefficient (Wildman–Crippen LogP) is 7.89. The molecule has 0 radical (unpaired) electrons. The standard InChI is InChI=1S/C30H30Cl4N6O4/c1-30(2)27(40(44)28(42)36-23-9-5-7-20(31)15-23)39(24-10-6-8-21(32)16-24)29(43)38(30)14-4-3-11-26(41)37-35-18-19-12-13-22(33)17-25(19)34/h5-10,12-13,15-18,27,44H,3-4,11,14H2,1-2H3,(H,36,42)(H,37,41)/b35-18-/t27-/m1/s1. The van der Waals surface area contributed by atoms with Crippen LogP contribution in [-0.2, 0) is 4.79 Å². The quantitative estimate of drug-likeness (QED) is 0.0874. The number of unbranched alkanes of at least 4 members (excludes halogenated alkanes) is 1. The number of hydrazone groups is 1. The van der Waals surface area contributed by atoms with Gasteiger partial charge in [-0.2, -0.15) is 10.2 Å². The lowest BCUT2D eigenvalue weighted by molar-refractivity contribution is -0.121. The van der Waals surface area contributed by atoms with Crippen LogP contribution in [0.4, 0.5) is 21.0 Å². The first-order valence-electron chi connectivity index (χ1n) is 13.6. The van der Waals surface area contributed by atoms with E-state index in [0.717, 1.165) is 0 Å². The molecule has 3 aromatic carbocycles. The van der Waals surface area contributed by atoms with Gasteiger partial charge in [-0.15, -0.1) is 0 Å². The smallest absolute Gasteiger partial charge is 0.315 e. The molecule has 0 aromatic heterocycles. The number of carbonyl (C=O) groups excluding carboxylic acids is 3. The van der Waals surface area contributed by atoms with Crippen LogP contribution in [0.5, 0.6) is 0 Å². The Morgan fingerprint density at radius 3 is 2.34 bits per heavy atom. The summed E-state index contributed by atoms with van der Waals surface area (Å²) in [4.78, 5) is 42.2. The summed E-state index contributed by atoms with van der Waals surface area (Å²) in [6.07, 6.45) is 1.36. The van der Waals surface area contributed by atoms with Crippen LogP contribution in [0.2, 0.25) is 20.1 Å². The van der Waals surface area contributed by atoms with Crippen molar-refractivity contribution in [1.29, 1.82) is 0 Å². The normalized spacial score (nSPS) is 16.0. The van der Waals surface area contributed by atoms with E-state index in [-0.39, 0.29) is 18.9 Å². The van der Waals surface area contributed by atoms with Gasteiger partial charge in [0.25, 0.3) is 0 Å². The molecule has 0 aliphatic carbocycles. The minimum absolute atomic E-state index is 0.156. The third kappa shape index (κ3) is 7.94. The Morgan fingerprint density at radius 2 is 1.66 bits per heavy atom. The Morgan fingerprint density at radius 1 is 0.977 bits per heavy atom. The highest BCUT2D eigenvalue weighted by Gasteiger charge is 2.55. The molecule has 1 fully saturated rings. The summed E-state index contributed by atoms with van der Waals surface area (Å²) >= 11 is 24.3. The fourth-order valence-electron chi connectivity index (χ4n) is 4.86. The van der Waals surface area contributed by atoms with Gasteiger partial charge in [-0.05, 0) is 75.2 Å². The summed E-state index contributed by atoms with van der Waals surface area (Å²) in [5.41, 5.74) is 2.77. The lowest BCUT2D eigenvalue weighted by atomic mass is 9.99. The third-order valence-corrected chi connectivity index (χ3v) is 8.03. The summed E-state index contributed by atoms with van der Waals surface area (Å²) < 4.78 is 0. The number of urea groups is 2. The van der Waals surface area contributed by atoms with E-state index in [2.05, 4.69) is 15.8 Å². The fraction of sp³-hybridized carbons (Fsp3) is 0.267. The van der Waals surface area contributed by atoms with Crippen LogP contribution in [0.1, 0.15) is 38.7 Å². The van der Waals surface area contributed by atoms with Gasteiger partial charge in [0.2, 0.25) is 5.91 Å². The van der Waals surface area contributed by atoms with Crippen molar-refractivity contribution in [3.05, 3.63) is 92.4 Å².